The molecule has 0 rings (SSSR count). The van der Waals surface area contributed by atoms with Crippen LogP contribution in [0.2, 0.25) is 0 Å². The number of hydrogen-bond acceptors (Lipinski definition) is 5. The first-order valence-electron chi connectivity index (χ1n) is 5.80. The summed E-state index contributed by atoms with van der Waals surface area (Å²) in [7, 11) is -3.14. The van der Waals surface area contributed by atoms with Gasteiger partial charge in [-0.05, 0) is 13.8 Å². The minimum Gasteiger partial charge on any atom is -0.481 e. The largest absolute Gasteiger partial charge is 0.481 e. The summed E-state index contributed by atoms with van der Waals surface area (Å²) in [6, 6.07) is 0. The fourth-order valence-corrected chi connectivity index (χ4v) is 2.71. The van der Waals surface area contributed by atoms with Crippen molar-refractivity contribution in [1.82, 2.24) is 5.32 Å². The molecule has 0 fully saturated rings. The predicted molar refractivity (Wildman–Crippen MR) is 65.6 cm³/mol. The Morgan fingerprint density at radius 3 is 2.17 bits per heavy atom. The number of amides is 1. The average Bonchev–Trinajstić information content (AvgIpc) is 2.27. The highest BCUT2D eigenvalue weighted by molar-refractivity contribution is 7.53. The second kappa shape index (κ2) is 9.08. The fourth-order valence-electron chi connectivity index (χ4n) is 1.20. The van der Waals surface area contributed by atoms with E-state index in [1.807, 2.05) is 0 Å². The Labute approximate surface area is 106 Å². The molecule has 0 aliphatic rings. The molecule has 8 heteroatoms. The third-order valence-corrected chi connectivity index (χ3v) is 4.00. The lowest BCUT2D eigenvalue weighted by atomic mass is 10.3. The minimum atomic E-state index is -3.14. The molecule has 2 N–H and O–H groups in total. The third-order valence-electron chi connectivity index (χ3n) is 1.93. The Morgan fingerprint density at radius 1 is 1.17 bits per heavy atom. The van der Waals surface area contributed by atoms with E-state index in [2.05, 4.69) is 5.32 Å². The molecule has 0 heterocycles. The number of aliphatic carboxylic acids is 1. The van der Waals surface area contributed by atoms with Crippen LogP contribution >= 0.6 is 7.60 Å². The Hall–Kier alpha value is -0.910. The second-order valence-corrected chi connectivity index (χ2v) is 5.60. The first kappa shape index (κ1) is 17.1. The molecule has 1 amide bonds. The summed E-state index contributed by atoms with van der Waals surface area (Å²) in [5, 5.41) is 10.9. The SMILES string of the molecule is CCOP(=O)(CCNC(=O)CCC(=O)O)OCC. The van der Waals surface area contributed by atoms with Gasteiger partial charge in [0.05, 0.1) is 25.8 Å². The van der Waals surface area contributed by atoms with Crippen molar-refractivity contribution in [3.8, 4) is 0 Å². The number of rotatable bonds is 10. The Balaban J connectivity index is 3.95. The van der Waals surface area contributed by atoms with Crippen LogP contribution in [-0.2, 0) is 23.2 Å². The minimum absolute atomic E-state index is 0.0769. The summed E-state index contributed by atoms with van der Waals surface area (Å²) < 4.78 is 22.0. The summed E-state index contributed by atoms with van der Waals surface area (Å²) >= 11 is 0. The van der Waals surface area contributed by atoms with Crippen molar-refractivity contribution >= 4 is 19.5 Å². The van der Waals surface area contributed by atoms with E-state index in [4.69, 9.17) is 14.2 Å². The maximum absolute atomic E-state index is 12.0. The van der Waals surface area contributed by atoms with Crippen LogP contribution in [0.15, 0.2) is 0 Å². The Bertz CT molecular complexity index is 309. The highest BCUT2D eigenvalue weighted by atomic mass is 31.2. The van der Waals surface area contributed by atoms with Crippen LogP contribution in [0.5, 0.6) is 0 Å². The van der Waals surface area contributed by atoms with Crippen molar-refractivity contribution in [3.63, 3.8) is 0 Å². The van der Waals surface area contributed by atoms with Crippen LogP contribution in [-0.4, -0.2) is 42.9 Å². The second-order valence-electron chi connectivity index (χ2n) is 3.41. The van der Waals surface area contributed by atoms with Gasteiger partial charge in [-0.3, -0.25) is 14.2 Å². The lowest BCUT2D eigenvalue weighted by molar-refractivity contribution is -0.138. The van der Waals surface area contributed by atoms with Gasteiger partial charge in [0.25, 0.3) is 0 Å². The van der Waals surface area contributed by atoms with Gasteiger partial charge in [-0.15, -0.1) is 0 Å². The molecule has 0 atom stereocenters. The summed E-state index contributed by atoms with van der Waals surface area (Å²) in [4.78, 5) is 21.4. The van der Waals surface area contributed by atoms with E-state index in [1.165, 1.54) is 0 Å². The molecule has 0 aromatic carbocycles. The molecule has 18 heavy (non-hydrogen) atoms. The van der Waals surface area contributed by atoms with Gasteiger partial charge in [0.15, 0.2) is 0 Å². The summed E-state index contributed by atoms with van der Waals surface area (Å²) in [5.74, 6) is -1.42. The average molecular weight is 281 g/mol. The number of nitrogens with one attached hydrogen (secondary N) is 1. The van der Waals surface area contributed by atoms with Gasteiger partial charge < -0.3 is 19.5 Å². The molecule has 0 saturated carbocycles. The van der Waals surface area contributed by atoms with Crippen LogP contribution in [0.4, 0.5) is 0 Å². The number of carbonyl (C=O) groups is 2. The van der Waals surface area contributed by atoms with Crippen molar-refractivity contribution in [1.29, 1.82) is 0 Å². The Morgan fingerprint density at radius 2 is 1.72 bits per heavy atom. The van der Waals surface area contributed by atoms with Crippen molar-refractivity contribution in [2.45, 2.75) is 26.7 Å². The molecule has 7 nitrogen and oxygen atoms in total. The zero-order valence-electron chi connectivity index (χ0n) is 10.7. The first-order chi connectivity index (χ1) is 8.43. The lowest BCUT2D eigenvalue weighted by Gasteiger charge is -2.16. The summed E-state index contributed by atoms with van der Waals surface area (Å²) in [5.41, 5.74) is 0. The number of carboxylic acids is 1. The molecule has 0 spiro atoms. The molecule has 0 bridgehead atoms. The highest BCUT2D eigenvalue weighted by Crippen LogP contribution is 2.47. The molecule has 0 saturated heterocycles. The van der Waals surface area contributed by atoms with E-state index in [9.17, 15) is 14.2 Å². The van der Waals surface area contributed by atoms with E-state index in [0.29, 0.717) is 0 Å². The van der Waals surface area contributed by atoms with Crippen LogP contribution in [0, 0.1) is 0 Å². The number of hydrogen-bond donors (Lipinski definition) is 2. The topological polar surface area (TPSA) is 102 Å². The van der Waals surface area contributed by atoms with E-state index < -0.39 is 19.5 Å². The van der Waals surface area contributed by atoms with Gasteiger partial charge in [0.1, 0.15) is 0 Å². The maximum atomic E-state index is 12.0. The van der Waals surface area contributed by atoms with Crippen molar-refractivity contribution in [2.24, 2.45) is 0 Å². The predicted octanol–water partition coefficient (Wildman–Crippen LogP) is 1.23. The molecule has 0 aromatic heterocycles. The fraction of sp³-hybridized carbons (Fsp3) is 0.800. The molecular weight excluding hydrogens is 261 g/mol. The zero-order chi connectivity index (χ0) is 14.0. The molecular formula is C10H20NO6P. The molecule has 106 valence electrons. The van der Waals surface area contributed by atoms with E-state index in [-0.39, 0.29) is 38.8 Å². The van der Waals surface area contributed by atoms with Crippen molar-refractivity contribution in [3.05, 3.63) is 0 Å². The smallest absolute Gasteiger partial charge is 0.332 e. The summed E-state index contributed by atoms with van der Waals surface area (Å²) in [6.07, 6.45) is -0.239. The molecule has 0 aliphatic heterocycles. The van der Waals surface area contributed by atoms with E-state index in [0.717, 1.165) is 0 Å². The Kier molecular flexibility index (Phi) is 8.62. The highest BCUT2D eigenvalue weighted by Gasteiger charge is 2.23. The zero-order valence-corrected chi connectivity index (χ0v) is 11.6. The van der Waals surface area contributed by atoms with Crippen LogP contribution in [0.3, 0.4) is 0 Å². The quantitative estimate of drug-likeness (QED) is 0.584. The molecule has 0 aliphatic carbocycles. The summed E-state index contributed by atoms with van der Waals surface area (Å²) in [6.45, 7) is 4.08. The first-order valence-corrected chi connectivity index (χ1v) is 7.53. The van der Waals surface area contributed by atoms with E-state index in [1.54, 1.807) is 13.8 Å². The van der Waals surface area contributed by atoms with E-state index >= 15 is 0 Å². The standard InChI is InChI=1S/C10H20NO6P/c1-3-16-18(15,17-4-2)8-7-11-9(12)5-6-10(13)14/h3-8H2,1-2H3,(H,11,12)(H,13,14). The van der Waals surface area contributed by atoms with Crippen molar-refractivity contribution < 1.29 is 28.3 Å². The molecule has 0 unspecified atom stereocenters. The molecule has 0 aromatic rings. The van der Waals surface area contributed by atoms with Crippen LogP contribution in [0.25, 0.3) is 0 Å². The monoisotopic (exact) mass is 281 g/mol. The van der Waals surface area contributed by atoms with Gasteiger partial charge in [-0.25, -0.2) is 0 Å². The van der Waals surface area contributed by atoms with Crippen molar-refractivity contribution in [2.75, 3.05) is 25.9 Å². The van der Waals surface area contributed by atoms with Crippen LogP contribution < -0.4 is 5.32 Å². The lowest BCUT2D eigenvalue weighted by Crippen LogP contribution is -2.27. The van der Waals surface area contributed by atoms with Gasteiger partial charge >= 0.3 is 13.6 Å². The van der Waals surface area contributed by atoms with Gasteiger partial charge in [0, 0.05) is 13.0 Å². The van der Waals surface area contributed by atoms with Gasteiger partial charge in [-0.1, -0.05) is 0 Å². The van der Waals surface area contributed by atoms with Gasteiger partial charge in [-0.2, -0.15) is 0 Å². The number of carboxylic acid groups (broad SMARTS) is 1. The normalized spacial score (nSPS) is 11.2. The van der Waals surface area contributed by atoms with Crippen LogP contribution in [0.1, 0.15) is 26.7 Å². The van der Waals surface area contributed by atoms with Gasteiger partial charge in [0.2, 0.25) is 5.91 Å². The maximum Gasteiger partial charge on any atom is 0.332 e. The third kappa shape index (κ3) is 8.22. The number of carbonyl (C=O) groups excluding carboxylic acids is 1. The molecule has 0 radical (unpaired) electrons.